The van der Waals surface area contributed by atoms with Gasteiger partial charge in [-0.05, 0) is 44.0 Å². The molecule has 2 heterocycles. The maximum atomic E-state index is 13.0. The van der Waals surface area contributed by atoms with Crippen LogP contribution in [0.25, 0.3) is 11.5 Å². The topological polar surface area (TPSA) is 71.3 Å². The Kier molecular flexibility index (Phi) is 4.55. The maximum absolute atomic E-state index is 13.0. The maximum Gasteiger partial charge on any atom is 0.317 e. The second-order valence-corrected chi connectivity index (χ2v) is 5.57. The van der Waals surface area contributed by atoms with Gasteiger partial charge in [-0.2, -0.15) is 0 Å². The Morgan fingerprint density at radius 3 is 2.91 bits per heavy atom. The van der Waals surface area contributed by atoms with Gasteiger partial charge in [0.05, 0.1) is 5.92 Å². The van der Waals surface area contributed by atoms with Gasteiger partial charge in [-0.25, -0.2) is 9.18 Å². The molecule has 0 bridgehead atoms. The standard InChI is InChI=1S/C16H19FN4O2/c1-2-18-16(22)21-9-3-4-12(10-21)15-20-19-14(23-15)11-5-7-13(17)8-6-11/h5-8,12H,2-4,9-10H2,1H3,(H,18,22). The lowest BCUT2D eigenvalue weighted by Crippen LogP contribution is -2.44. The molecule has 1 unspecified atom stereocenters. The second-order valence-electron chi connectivity index (χ2n) is 5.57. The van der Waals surface area contributed by atoms with Gasteiger partial charge in [0.2, 0.25) is 11.8 Å². The zero-order valence-corrected chi connectivity index (χ0v) is 13.0. The number of nitrogens with zero attached hydrogens (tertiary/aromatic N) is 3. The van der Waals surface area contributed by atoms with Crippen molar-refractivity contribution in [3.05, 3.63) is 36.0 Å². The summed E-state index contributed by atoms with van der Waals surface area (Å²) >= 11 is 0. The van der Waals surface area contributed by atoms with E-state index >= 15 is 0 Å². The Bertz CT molecular complexity index is 671. The fourth-order valence-corrected chi connectivity index (χ4v) is 2.73. The number of carbonyl (C=O) groups excluding carboxylic acids is 1. The van der Waals surface area contributed by atoms with Gasteiger partial charge >= 0.3 is 6.03 Å². The first-order valence-corrected chi connectivity index (χ1v) is 7.79. The number of nitrogens with one attached hydrogen (secondary N) is 1. The fourth-order valence-electron chi connectivity index (χ4n) is 2.73. The summed E-state index contributed by atoms with van der Waals surface area (Å²) in [7, 11) is 0. The number of likely N-dealkylation sites (tertiary alicyclic amines) is 1. The zero-order valence-electron chi connectivity index (χ0n) is 13.0. The van der Waals surface area contributed by atoms with E-state index in [1.807, 2.05) is 6.92 Å². The summed E-state index contributed by atoms with van der Waals surface area (Å²) in [6.07, 6.45) is 1.80. The van der Waals surface area contributed by atoms with Crippen LogP contribution < -0.4 is 5.32 Å². The van der Waals surface area contributed by atoms with Crippen LogP contribution >= 0.6 is 0 Å². The molecule has 0 spiro atoms. The summed E-state index contributed by atoms with van der Waals surface area (Å²) in [5.74, 6) is 0.625. The Labute approximate surface area is 133 Å². The number of halogens is 1. The van der Waals surface area contributed by atoms with E-state index in [1.165, 1.54) is 12.1 Å². The van der Waals surface area contributed by atoms with E-state index in [0.717, 1.165) is 19.4 Å². The van der Waals surface area contributed by atoms with Crippen molar-refractivity contribution in [2.45, 2.75) is 25.7 Å². The van der Waals surface area contributed by atoms with Gasteiger partial charge in [0, 0.05) is 25.2 Å². The van der Waals surface area contributed by atoms with Crippen LogP contribution in [0, 0.1) is 5.82 Å². The van der Waals surface area contributed by atoms with Crippen molar-refractivity contribution in [3.8, 4) is 11.5 Å². The first-order chi connectivity index (χ1) is 11.2. The monoisotopic (exact) mass is 318 g/mol. The molecule has 1 N–H and O–H groups in total. The Morgan fingerprint density at radius 1 is 1.39 bits per heavy atom. The molecule has 1 aromatic heterocycles. The summed E-state index contributed by atoms with van der Waals surface area (Å²) in [6, 6.07) is 5.87. The number of carbonyl (C=O) groups is 1. The van der Waals surface area contributed by atoms with E-state index in [0.29, 0.717) is 30.4 Å². The lowest BCUT2D eigenvalue weighted by atomic mass is 9.98. The normalized spacial score (nSPS) is 18.0. The largest absolute Gasteiger partial charge is 0.420 e. The Hall–Kier alpha value is -2.44. The highest BCUT2D eigenvalue weighted by atomic mass is 19.1. The Morgan fingerprint density at radius 2 is 2.17 bits per heavy atom. The molecule has 0 aliphatic carbocycles. The average Bonchev–Trinajstić information content (AvgIpc) is 3.06. The average molecular weight is 318 g/mol. The molecule has 2 aromatic rings. The third-order valence-electron chi connectivity index (χ3n) is 3.92. The SMILES string of the molecule is CCNC(=O)N1CCCC(c2nnc(-c3ccc(F)cc3)o2)C1. The minimum atomic E-state index is -0.307. The Balaban J connectivity index is 1.72. The summed E-state index contributed by atoms with van der Waals surface area (Å²) in [6.45, 7) is 3.81. The van der Waals surface area contributed by atoms with Gasteiger partial charge in [-0.3, -0.25) is 0 Å². The number of piperidine rings is 1. The van der Waals surface area contributed by atoms with Crippen LogP contribution in [0.4, 0.5) is 9.18 Å². The highest BCUT2D eigenvalue weighted by Crippen LogP contribution is 2.28. The van der Waals surface area contributed by atoms with Crippen molar-refractivity contribution in [2.24, 2.45) is 0 Å². The van der Waals surface area contributed by atoms with Crippen molar-refractivity contribution < 1.29 is 13.6 Å². The number of urea groups is 1. The van der Waals surface area contributed by atoms with Crippen LogP contribution in [0.15, 0.2) is 28.7 Å². The van der Waals surface area contributed by atoms with Gasteiger partial charge in [0.25, 0.3) is 0 Å². The fraction of sp³-hybridized carbons (Fsp3) is 0.438. The molecule has 1 aliphatic rings. The third-order valence-corrected chi connectivity index (χ3v) is 3.92. The molecule has 1 saturated heterocycles. The summed E-state index contributed by atoms with van der Waals surface area (Å²) in [5.41, 5.74) is 0.682. The predicted octanol–water partition coefficient (Wildman–Crippen LogP) is 2.78. The number of hydrogen-bond acceptors (Lipinski definition) is 4. The first-order valence-electron chi connectivity index (χ1n) is 7.79. The molecule has 23 heavy (non-hydrogen) atoms. The molecule has 3 rings (SSSR count). The lowest BCUT2D eigenvalue weighted by molar-refractivity contribution is 0.175. The van der Waals surface area contributed by atoms with E-state index in [4.69, 9.17) is 4.42 Å². The van der Waals surface area contributed by atoms with E-state index in [-0.39, 0.29) is 17.8 Å². The van der Waals surface area contributed by atoms with Crippen LogP contribution in [0.5, 0.6) is 0 Å². The molecule has 1 aromatic carbocycles. The van der Waals surface area contributed by atoms with Gasteiger partial charge in [0.15, 0.2) is 0 Å². The van der Waals surface area contributed by atoms with E-state index in [2.05, 4.69) is 15.5 Å². The molecule has 0 radical (unpaired) electrons. The van der Waals surface area contributed by atoms with Crippen LogP contribution in [0.1, 0.15) is 31.6 Å². The smallest absolute Gasteiger partial charge is 0.317 e. The predicted molar refractivity (Wildman–Crippen MR) is 82.3 cm³/mol. The van der Waals surface area contributed by atoms with Crippen LogP contribution in [0.3, 0.4) is 0 Å². The van der Waals surface area contributed by atoms with Crippen molar-refractivity contribution >= 4 is 6.03 Å². The lowest BCUT2D eigenvalue weighted by Gasteiger charge is -2.30. The quantitative estimate of drug-likeness (QED) is 0.944. The van der Waals surface area contributed by atoms with Gasteiger partial charge in [-0.15, -0.1) is 10.2 Å². The van der Waals surface area contributed by atoms with E-state index in [9.17, 15) is 9.18 Å². The summed E-state index contributed by atoms with van der Waals surface area (Å²) in [5, 5.41) is 11.0. The van der Waals surface area contributed by atoms with E-state index < -0.39 is 0 Å². The molecule has 2 amide bonds. The molecule has 6 nitrogen and oxygen atoms in total. The van der Waals surface area contributed by atoms with Crippen LogP contribution in [-0.4, -0.2) is 40.8 Å². The van der Waals surface area contributed by atoms with E-state index in [1.54, 1.807) is 17.0 Å². The van der Waals surface area contributed by atoms with Crippen molar-refractivity contribution in [3.63, 3.8) is 0 Å². The van der Waals surface area contributed by atoms with Gasteiger partial charge in [-0.1, -0.05) is 0 Å². The molecular weight excluding hydrogens is 299 g/mol. The molecule has 1 atom stereocenters. The first kappa shape index (κ1) is 15.5. The molecular formula is C16H19FN4O2. The number of aromatic nitrogens is 2. The molecule has 1 fully saturated rings. The second kappa shape index (κ2) is 6.76. The summed E-state index contributed by atoms with van der Waals surface area (Å²) < 4.78 is 18.7. The van der Waals surface area contributed by atoms with Gasteiger partial charge in [0.1, 0.15) is 5.82 Å². The number of hydrogen-bond donors (Lipinski definition) is 1. The van der Waals surface area contributed by atoms with Crippen molar-refractivity contribution in [1.82, 2.24) is 20.4 Å². The minimum absolute atomic E-state index is 0.0352. The number of benzene rings is 1. The third kappa shape index (κ3) is 3.49. The number of amides is 2. The van der Waals surface area contributed by atoms with Crippen LogP contribution in [-0.2, 0) is 0 Å². The highest BCUT2D eigenvalue weighted by Gasteiger charge is 2.28. The van der Waals surface area contributed by atoms with Crippen molar-refractivity contribution in [2.75, 3.05) is 19.6 Å². The molecule has 7 heteroatoms. The van der Waals surface area contributed by atoms with Crippen molar-refractivity contribution in [1.29, 1.82) is 0 Å². The van der Waals surface area contributed by atoms with Gasteiger partial charge < -0.3 is 14.6 Å². The summed E-state index contributed by atoms with van der Waals surface area (Å²) in [4.78, 5) is 13.7. The highest BCUT2D eigenvalue weighted by molar-refractivity contribution is 5.74. The zero-order chi connectivity index (χ0) is 16.2. The molecule has 1 aliphatic heterocycles. The molecule has 122 valence electrons. The number of rotatable bonds is 3. The minimum Gasteiger partial charge on any atom is -0.420 e. The van der Waals surface area contributed by atoms with Crippen LogP contribution in [0.2, 0.25) is 0 Å². The molecule has 0 saturated carbocycles.